The highest BCUT2D eigenvalue weighted by Crippen LogP contribution is 2.35. The predicted molar refractivity (Wildman–Crippen MR) is 99.1 cm³/mol. The molecule has 130 valence electrons. The first-order chi connectivity index (χ1) is 11.5. The van der Waals surface area contributed by atoms with E-state index in [1.165, 1.54) is 11.3 Å². The maximum absolute atomic E-state index is 12.4. The number of fused-ring (bicyclic) bond motifs is 1. The minimum absolute atomic E-state index is 0.0211. The van der Waals surface area contributed by atoms with E-state index in [1.54, 1.807) is 6.33 Å². The second-order valence-corrected chi connectivity index (χ2v) is 7.48. The number of nitrogens with zero attached hydrogens (tertiary/aromatic N) is 4. The lowest BCUT2D eigenvalue weighted by Crippen LogP contribution is -2.46. The molecule has 1 N–H and O–H groups in total. The summed E-state index contributed by atoms with van der Waals surface area (Å²) < 4.78 is 0. The minimum atomic E-state index is -0.0211. The Hall–Kier alpha value is -1.73. The van der Waals surface area contributed by atoms with E-state index in [9.17, 15) is 4.79 Å². The number of hydrogen-bond acceptors (Lipinski definition) is 6. The monoisotopic (exact) mass is 347 g/mol. The highest BCUT2D eigenvalue weighted by Gasteiger charge is 2.24. The van der Waals surface area contributed by atoms with Crippen LogP contribution >= 0.6 is 11.3 Å². The largest absolute Gasteiger partial charge is 0.353 e. The molecule has 0 unspecified atom stereocenters. The number of anilines is 1. The number of carbonyl (C=O) groups is 1. The zero-order chi connectivity index (χ0) is 17.3. The molecule has 1 amide bonds. The normalized spacial score (nSPS) is 16.1. The smallest absolute Gasteiger partial charge is 0.261 e. The summed E-state index contributed by atoms with van der Waals surface area (Å²) in [6.07, 6.45) is 1.62. The summed E-state index contributed by atoms with van der Waals surface area (Å²) in [6, 6.07) is 0.120. The van der Waals surface area contributed by atoms with E-state index in [0.717, 1.165) is 59.2 Å². The first-order valence-electron chi connectivity index (χ1n) is 8.53. The number of aryl methyl sites for hydroxylation is 1. The van der Waals surface area contributed by atoms with Crippen LogP contribution in [0.1, 0.15) is 36.0 Å². The zero-order valence-corrected chi connectivity index (χ0v) is 15.6. The molecule has 1 aliphatic rings. The molecule has 3 rings (SSSR count). The topological polar surface area (TPSA) is 61.4 Å². The molecule has 1 saturated heterocycles. The predicted octanol–water partition coefficient (Wildman–Crippen LogP) is 2.28. The summed E-state index contributed by atoms with van der Waals surface area (Å²) >= 11 is 1.46. The molecule has 3 heterocycles. The molecule has 24 heavy (non-hydrogen) atoms. The Kier molecular flexibility index (Phi) is 5.01. The Labute approximate surface area is 146 Å². The fraction of sp³-hybridized carbons (Fsp3) is 0.588. The number of piperazine rings is 1. The molecule has 0 aliphatic carbocycles. The van der Waals surface area contributed by atoms with Crippen molar-refractivity contribution in [2.24, 2.45) is 0 Å². The van der Waals surface area contributed by atoms with E-state index in [4.69, 9.17) is 0 Å². The second-order valence-electron chi connectivity index (χ2n) is 6.48. The highest BCUT2D eigenvalue weighted by atomic mass is 32.1. The van der Waals surface area contributed by atoms with Crippen molar-refractivity contribution in [2.75, 3.05) is 37.6 Å². The molecule has 0 atom stereocenters. The SMILES string of the molecule is CCN1CCN(c2ncnc3sc(C(=O)NC(C)C)c(C)c23)CC1. The molecule has 0 aromatic carbocycles. The molecular weight excluding hydrogens is 322 g/mol. The van der Waals surface area contributed by atoms with E-state index in [1.807, 2.05) is 20.8 Å². The van der Waals surface area contributed by atoms with Gasteiger partial charge in [-0.1, -0.05) is 6.92 Å². The quantitative estimate of drug-likeness (QED) is 0.919. The number of aromatic nitrogens is 2. The summed E-state index contributed by atoms with van der Waals surface area (Å²) in [4.78, 5) is 27.8. The molecule has 0 saturated carbocycles. The first-order valence-corrected chi connectivity index (χ1v) is 9.35. The van der Waals surface area contributed by atoms with Gasteiger partial charge < -0.3 is 15.1 Å². The number of likely N-dealkylation sites (N-methyl/N-ethyl adjacent to an activating group) is 1. The van der Waals surface area contributed by atoms with Crippen LogP contribution in [0.5, 0.6) is 0 Å². The fourth-order valence-corrected chi connectivity index (χ4v) is 4.16. The number of nitrogens with one attached hydrogen (secondary N) is 1. The molecule has 0 radical (unpaired) electrons. The first kappa shape index (κ1) is 17.1. The minimum Gasteiger partial charge on any atom is -0.353 e. The van der Waals surface area contributed by atoms with Gasteiger partial charge in [0, 0.05) is 32.2 Å². The number of thiophene rings is 1. The van der Waals surface area contributed by atoms with Crippen LogP contribution in [0.15, 0.2) is 6.33 Å². The van der Waals surface area contributed by atoms with Crippen molar-refractivity contribution in [3.63, 3.8) is 0 Å². The van der Waals surface area contributed by atoms with Crippen molar-refractivity contribution >= 4 is 33.3 Å². The number of rotatable bonds is 4. The lowest BCUT2D eigenvalue weighted by Gasteiger charge is -2.35. The van der Waals surface area contributed by atoms with Crippen molar-refractivity contribution in [3.05, 3.63) is 16.8 Å². The molecule has 2 aromatic heterocycles. The number of hydrogen-bond donors (Lipinski definition) is 1. The summed E-state index contributed by atoms with van der Waals surface area (Å²) in [5.41, 5.74) is 0.988. The van der Waals surface area contributed by atoms with Gasteiger partial charge in [-0.25, -0.2) is 9.97 Å². The summed E-state index contributed by atoms with van der Waals surface area (Å²) in [5, 5.41) is 4.01. The van der Waals surface area contributed by atoms with Crippen molar-refractivity contribution in [1.82, 2.24) is 20.2 Å². The van der Waals surface area contributed by atoms with Gasteiger partial charge in [-0.3, -0.25) is 4.79 Å². The third-order valence-corrected chi connectivity index (χ3v) is 5.65. The van der Waals surface area contributed by atoms with Crippen molar-refractivity contribution < 1.29 is 4.79 Å². The zero-order valence-electron chi connectivity index (χ0n) is 14.8. The molecular formula is C17H25N5OS. The van der Waals surface area contributed by atoms with Gasteiger partial charge in [0.2, 0.25) is 0 Å². The van der Waals surface area contributed by atoms with Crippen LogP contribution in [-0.2, 0) is 0 Å². The van der Waals surface area contributed by atoms with E-state index in [-0.39, 0.29) is 11.9 Å². The Bertz CT molecular complexity index is 734. The van der Waals surface area contributed by atoms with E-state index >= 15 is 0 Å². The Balaban J connectivity index is 1.95. The lowest BCUT2D eigenvalue weighted by atomic mass is 10.1. The van der Waals surface area contributed by atoms with Crippen LogP contribution in [0.25, 0.3) is 10.2 Å². The molecule has 1 fully saturated rings. The second kappa shape index (κ2) is 7.03. The molecule has 7 heteroatoms. The molecule has 1 aliphatic heterocycles. The number of carbonyl (C=O) groups excluding carboxylic acids is 1. The van der Waals surface area contributed by atoms with Gasteiger partial charge in [-0.05, 0) is 32.9 Å². The van der Waals surface area contributed by atoms with Gasteiger partial charge in [0.05, 0.1) is 10.3 Å². The van der Waals surface area contributed by atoms with Crippen molar-refractivity contribution in [3.8, 4) is 0 Å². The Morgan fingerprint density at radius 3 is 2.62 bits per heavy atom. The van der Waals surface area contributed by atoms with Crippen molar-refractivity contribution in [1.29, 1.82) is 0 Å². The van der Waals surface area contributed by atoms with Gasteiger partial charge in [0.25, 0.3) is 5.91 Å². The van der Waals surface area contributed by atoms with Gasteiger partial charge in [-0.2, -0.15) is 0 Å². The summed E-state index contributed by atoms with van der Waals surface area (Å²) in [5.74, 6) is 0.945. The average Bonchev–Trinajstić information content (AvgIpc) is 2.92. The van der Waals surface area contributed by atoms with E-state index in [0.29, 0.717) is 0 Å². The third kappa shape index (κ3) is 3.23. The highest BCUT2D eigenvalue weighted by molar-refractivity contribution is 7.20. The lowest BCUT2D eigenvalue weighted by molar-refractivity contribution is 0.0947. The van der Waals surface area contributed by atoms with Gasteiger partial charge >= 0.3 is 0 Å². The van der Waals surface area contributed by atoms with E-state index < -0.39 is 0 Å². The Morgan fingerprint density at radius 2 is 2.00 bits per heavy atom. The Morgan fingerprint density at radius 1 is 1.29 bits per heavy atom. The summed E-state index contributed by atoms with van der Waals surface area (Å²) in [6.45, 7) is 13.2. The van der Waals surface area contributed by atoms with E-state index in [2.05, 4.69) is 32.0 Å². The number of amides is 1. The van der Waals surface area contributed by atoms with Crippen LogP contribution < -0.4 is 10.2 Å². The maximum Gasteiger partial charge on any atom is 0.261 e. The van der Waals surface area contributed by atoms with Gasteiger partial charge in [-0.15, -0.1) is 11.3 Å². The average molecular weight is 347 g/mol. The van der Waals surface area contributed by atoms with Gasteiger partial charge in [0.15, 0.2) is 0 Å². The van der Waals surface area contributed by atoms with Crippen LogP contribution in [0.2, 0.25) is 0 Å². The van der Waals surface area contributed by atoms with Crippen LogP contribution in [0, 0.1) is 6.92 Å². The molecule has 0 spiro atoms. The molecule has 2 aromatic rings. The third-order valence-electron chi connectivity index (χ3n) is 4.45. The summed E-state index contributed by atoms with van der Waals surface area (Å²) in [7, 11) is 0. The van der Waals surface area contributed by atoms with Crippen molar-refractivity contribution in [2.45, 2.75) is 33.7 Å². The van der Waals surface area contributed by atoms with Gasteiger partial charge in [0.1, 0.15) is 17.0 Å². The van der Waals surface area contributed by atoms with Crippen LogP contribution in [-0.4, -0.2) is 59.5 Å². The fourth-order valence-electron chi connectivity index (χ4n) is 3.11. The van der Waals surface area contributed by atoms with Crippen LogP contribution in [0.4, 0.5) is 5.82 Å². The van der Waals surface area contributed by atoms with Crippen LogP contribution in [0.3, 0.4) is 0 Å². The molecule has 6 nitrogen and oxygen atoms in total. The standard InChI is InChI=1S/C17H25N5OS/c1-5-21-6-8-22(9-7-21)15-13-12(4)14(16(23)20-11(2)3)24-17(13)19-10-18-15/h10-11H,5-9H2,1-4H3,(H,20,23). The molecule has 0 bridgehead atoms. The maximum atomic E-state index is 12.4.